The molecule has 1 heterocycles. The number of nitrogens with two attached hydrogens (primary N) is 1. The number of benzene rings is 1. The van der Waals surface area contributed by atoms with Crippen molar-refractivity contribution in [3.8, 4) is 5.75 Å². The maximum absolute atomic E-state index is 5.75. The lowest BCUT2D eigenvalue weighted by atomic mass is 10.1. The van der Waals surface area contributed by atoms with Crippen molar-refractivity contribution in [2.45, 2.75) is 39.7 Å². The van der Waals surface area contributed by atoms with Crippen molar-refractivity contribution in [3.63, 3.8) is 0 Å². The lowest BCUT2D eigenvalue weighted by Gasteiger charge is -2.09. The van der Waals surface area contributed by atoms with Gasteiger partial charge in [0.1, 0.15) is 5.75 Å². The molecule has 3 N–H and O–H groups in total. The van der Waals surface area contributed by atoms with Gasteiger partial charge in [-0.1, -0.05) is 0 Å². The number of aryl methyl sites for hydroxylation is 2. The molecule has 0 unspecified atom stereocenters. The summed E-state index contributed by atoms with van der Waals surface area (Å²) >= 11 is 0. The average molecular weight is 246 g/mol. The predicted molar refractivity (Wildman–Crippen MR) is 76.2 cm³/mol. The van der Waals surface area contributed by atoms with Gasteiger partial charge in [-0.15, -0.1) is 0 Å². The minimum Gasteiger partial charge on any atom is -0.491 e. The summed E-state index contributed by atoms with van der Waals surface area (Å²) in [6, 6.07) is 6.24. The SMILES string of the molecule is Cc1[nH]c2ccc(OC(C)C)cc2c1CCCN. The zero-order valence-electron chi connectivity index (χ0n) is 11.4. The van der Waals surface area contributed by atoms with E-state index in [-0.39, 0.29) is 6.10 Å². The van der Waals surface area contributed by atoms with Gasteiger partial charge in [0, 0.05) is 16.6 Å². The van der Waals surface area contributed by atoms with E-state index in [1.165, 1.54) is 22.2 Å². The van der Waals surface area contributed by atoms with Crippen LogP contribution in [0, 0.1) is 6.92 Å². The number of fused-ring (bicyclic) bond motifs is 1. The summed E-state index contributed by atoms with van der Waals surface area (Å²) < 4.78 is 5.75. The van der Waals surface area contributed by atoms with Crippen LogP contribution in [0.15, 0.2) is 18.2 Å². The predicted octanol–water partition coefficient (Wildman–Crippen LogP) is 3.15. The Bertz CT molecular complexity index is 529. The molecule has 0 aliphatic heterocycles. The molecule has 0 amide bonds. The molecule has 0 aliphatic rings. The molecule has 0 fully saturated rings. The van der Waals surface area contributed by atoms with Crippen molar-refractivity contribution in [2.75, 3.05) is 6.54 Å². The van der Waals surface area contributed by atoms with E-state index in [0.29, 0.717) is 0 Å². The molecule has 0 saturated heterocycles. The van der Waals surface area contributed by atoms with Crippen LogP contribution in [0.5, 0.6) is 5.75 Å². The maximum Gasteiger partial charge on any atom is 0.120 e. The van der Waals surface area contributed by atoms with Crippen LogP contribution in [0.25, 0.3) is 10.9 Å². The Morgan fingerprint density at radius 2 is 2.11 bits per heavy atom. The van der Waals surface area contributed by atoms with Crippen LogP contribution in [-0.2, 0) is 6.42 Å². The van der Waals surface area contributed by atoms with E-state index in [1.54, 1.807) is 0 Å². The first-order chi connectivity index (χ1) is 8.61. The summed E-state index contributed by atoms with van der Waals surface area (Å²) in [5.74, 6) is 0.936. The quantitative estimate of drug-likeness (QED) is 0.851. The number of nitrogens with one attached hydrogen (secondary N) is 1. The van der Waals surface area contributed by atoms with Crippen LogP contribution in [0.3, 0.4) is 0 Å². The second-order valence-electron chi connectivity index (χ2n) is 4.99. The highest BCUT2D eigenvalue weighted by atomic mass is 16.5. The number of aromatic amines is 1. The average Bonchev–Trinajstić information content (AvgIpc) is 2.61. The second-order valence-corrected chi connectivity index (χ2v) is 4.99. The zero-order valence-corrected chi connectivity index (χ0v) is 11.4. The molecule has 3 nitrogen and oxygen atoms in total. The highest BCUT2D eigenvalue weighted by Gasteiger charge is 2.09. The maximum atomic E-state index is 5.75. The van der Waals surface area contributed by atoms with Crippen molar-refractivity contribution in [3.05, 3.63) is 29.5 Å². The number of rotatable bonds is 5. The molecule has 2 rings (SSSR count). The Morgan fingerprint density at radius 3 is 2.78 bits per heavy atom. The molecule has 0 saturated carbocycles. The Labute approximate surface area is 108 Å². The topological polar surface area (TPSA) is 51.0 Å². The third-order valence-electron chi connectivity index (χ3n) is 3.09. The van der Waals surface area contributed by atoms with E-state index in [2.05, 4.69) is 24.0 Å². The molecule has 1 aromatic heterocycles. The first-order valence-corrected chi connectivity index (χ1v) is 6.59. The minimum absolute atomic E-state index is 0.204. The van der Waals surface area contributed by atoms with Crippen molar-refractivity contribution in [1.29, 1.82) is 0 Å². The van der Waals surface area contributed by atoms with Gasteiger partial charge in [0.05, 0.1) is 6.10 Å². The summed E-state index contributed by atoms with van der Waals surface area (Å²) in [6.45, 7) is 6.94. The van der Waals surface area contributed by atoms with Gasteiger partial charge in [-0.25, -0.2) is 0 Å². The van der Waals surface area contributed by atoms with Crippen molar-refractivity contribution >= 4 is 10.9 Å². The molecule has 2 aromatic rings. The Kier molecular flexibility index (Phi) is 3.92. The Balaban J connectivity index is 2.39. The van der Waals surface area contributed by atoms with E-state index in [1.807, 2.05) is 19.9 Å². The van der Waals surface area contributed by atoms with Crippen LogP contribution < -0.4 is 10.5 Å². The van der Waals surface area contributed by atoms with Crippen LogP contribution >= 0.6 is 0 Å². The van der Waals surface area contributed by atoms with Gasteiger partial charge in [-0.3, -0.25) is 0 Å². The molecular weight excluding hydrogens is 224 g/mol. The summed E-state index contributed by atoms with van der Waals surface area (Å²) in [4.78, 5) is 3.42. The molecule has 0 radical (unpaired) electrons. The molecule has 98 valence electrons. The van der Waals surface area contributed by atoms with Gasteiger partial charge in [-0.05, 0) is 63.9 Å². The lowest BCUT2D eigenvalue weighted by Crippen LogP contribution is -2.05. The van der Waals surface area contributed by atoms with E-state index < -0.39 is 0 Å². The van der Waals surface area contributed by atoms with Gasteiger partial charge in [0.2, 0.25) is 0 Å². The van der Waals surface area contributed by atoms with E-state index >= 15 is 0 Å². The summed E-state index contributed by atoms with van der Waals surface area (Å²) in [5.41, 5.74) is 9.38. The molecular formula is C15H22N2O. The van der Waals surface area contributed by atoms with Gasteiger partial charge in [0.25, 0.3) is 0 Å². The van der Waals surface area contributed by atoms with Crippen molar-refractivity contribution in [2.24, 2.45) is 5.73 Å². The monoisotopic (exact) mass is 246 g/mol. The fourth-order valence-corrected chi connectivity index (χ4v) is 2.31. The molecule has 0 aliphatic carbocycles. The van der Waals surface area contributed by atoms with Gasteiger partial charge in [-0.2, -0.15) is 0 Å². The third kappa shape index (κ3) is 2.67. The first kappa shape index (κ1) is 13.0. The summed E-state index contributed by atoms with van der Waals surface area (Å²) in [7, 11) is 0. The Hall–Kier alpha value is -1.48. The highest BCUT2D eigenvalue weighted by Crippen LogP contribution is 2.27. The molecule has 18 heavy (non-hydrogen) atoms. The fraction of sp³-hybridized carbons (Fsp3) is 0.467. The third-order valence-corrected chi connectivity index (χ3v) is 3.09. The van der Waals surface area contributed by atoms with Gasteiger partial charge < -0.3 is 15.5 Å². The van der Waals surface area contributed by atoms with Gasteiger partial charge in [0.15, 0.2) is 0 Å². The number of aromatic nitrogens is 1. The number of ether oxygens (including phenoxy) is 1. The fourth-order valence-electron chi connectivity index (χ4n) is 2.31. The summed E-state index contributed by atoms with van der Waals surface area (Å²) in [5, 5.41) is 1.26. The summed E-state index contributed by atoms with van der Waals surface area (Å²) in [6.07, 6.45) is 2.24. The van der Waals surface area contributed by atoms with Crippen molar-refractivity contribution in [1.82, 2.24) is 4.98 Å². The van der Waals surface area contributed by atoms with Crippen LogP contribution in [-0.4, -0.2) is 17.6 Å². The van der Waals surface area contributed by atoms with E-state index in [9.17, 15) is 0 Å². The molecule has 0 atom stereocenters. The minimum atomic E-state index is 0.204. The zero-order chi connectivity index (χ0) is 13.1. The normalized spacial score (nSPS) is 11.4. The largest absolute Gasteiger partial charge is 0.491 e. The van der Waals surface area contributed by atoms with E-state index in [0.717, 1.165) is 25.1 Å². The molecule has 1 aromatic carbocycles. The smallest absolute Gasteiger partial charge is 0.120 e. The highest BCUT2D eigenvalue weighted by molar-refractivity contribution is 5.86. The first-order valence-electron chi connectivity index (χ1n) is 6.59. The molecule has 0 bridgehead atoms. The standard InChI is InChI=1S/C15H22N2O/c1-10(2)18-12-6-7-15-14(9-12)13(5-4-8-16)11(3)17-15/h6-7,9-10,17H,4-5,8,16H2,1-3H3. The molecule has 3 heteroatoms. The van der Waals surface area contributed by atoms with E-state index in [4.69, 9.17) is 10.5 Å². The van der Waals surface area contributed by atoms with Crippen LogP contribution in [0.1, 0.15) is 31.5 Å². The van der Waals surface area contributed by atoms with Crippen LogP contribution in [0.4, 0.5) is 0 Å². The number of H-pyrrole nitrogens is 1. The van der Waals surface area contributed by atoms with Crippen LogP contribution in [0.2, 0.25) is 0 Å². The Morgan fingerprint density at radius 1 is 1.33 bits per heavy atom. The van der Waals surface area contributed by atoms with Crippen molar-refractivity contribution < 1.29 is 4.74 Å². The number of hydrogen-bond donors (Lipinski definition) is 2. The lowest BCUT2D eigenvalue weighted by molar-refractivity contribution is 0.243. The second kappa shape index (κ2) is 5.44. The number of hydrogen-bond acceptors (Lipinski definition) is 2. The van der Waals surface area contributed by atoms with Gasteiger partial charge >= 0.3 is 0 Å². The molecule has 0 spiro atoms.